The van der Waals surface area contributed by atoms with Crippen molar-refractivity contribution in [3.05, 3.63) is 35.9 Å². The second-order valence-electron chi connectivity index (χ2n) is 3.36. The van der Waals surface area contributed by atoms with E-state index in [0.717, 1.165) is 5.56 Å². The summed E-state index contributed by atoms with van der Waals surface area (Å²) in [5.41, 5.74) is 0.117. The quantitative estimate of drug-likeness (QED) is 0.767. The molecule has 74 valence electrons. The van der Waals surface area contributed by atoms with Crippen LogP contribution in [0.4, 0.5) is 0 Å². The largest absolute Gasteiger partial charge is 2.00 e. The normalized spacial score (nSPS) is 13.9. The monoisotopic (exact) mass is 204 g/mol. The fourth-order valence-corrected chi connectivity index (χ4v) is 1.28. The average Bonchev–Trinajstić information content (AvgIpc) is 2.17. The summed E-state index contributed by atoms with van der Waals surface area (Å²) in [5.74, 6) is -0.763. The van der Waals surface area contributed by atoms with Gasteiger partial charge in [0.05, 0.1) is 5.41 Å². The number of carbonyl (C=O) groups is 1. The van der Waals surface area contributed by atoms with E-state index in [0.29, 0.717) is 6.42 Å². The fourth-order valence-electron chi connectivity index (χ4n) is 1.28. The van der Waals surface area contributed by atoms with Gasteiger partial charge in [-0.2, -0.15) is 0 Å². The van der Waals surface area contributed by atoms with Crippen molar-refractivity contribution in [2.24, 2.45) is 0 Å². The zero-order chi connectivity index (χ0) is 9.90. The van der Waals surface area contributed by atoms with Gasteiger partial charge in [-0.25, -0.2) is 0 Å². The summed E-state index contributed by atoms with van der Waals surface area (Å²) in [6, 6.07) is 9.34. The van der Waals surface area contributed by atoms with E-state index < -0.39 is 11.4 Å². The molecular weight excluding hydrogens is 188 g/mol. The molecule has 3 heteroatoms. The second-order valence-corrected chi connectivity index (χ2v) is 3.36. The van der Waals surface area contributed by atoms with Crippen LogP contribution >= 0.6 is 0 Å². The Bertz CT molecular complexity index is 306. The first-order valence-corrected chi connectivity index (χ1v) is 4.40. The van der Waals surface area contributed by atoms with Gasteiger partial charge in [0, 0.05) is 0 Å². The van der Waals surface area contributed by atoms with Crippen LogP contribution in [0.5, 0.6) is 0 Å². The Labute approximate surface area is 103 Å². The molecule has 1 atom stereocenters. The molecular formula is C11H16MgO2. The van der Waals surface area contributed by atoms with Gasteiger partial charge in [0.1, 0.15) is 0 Å². The summed E-state index contributed by atoms with van der Waals surface area (Å²) in [5, 5.41) is 9.09. The number of carboxylic acids is 1. The Morgan fingerprint density at radius 3 is 2.29 bits per heavy atom. The molecule has 1 aromatic carbocycles. The van der Waals surface area contributed by atoms with Crippen molar-refractivity contribution in [1.29, 1.82) is 0 Å². The van der Waals surface area contributed by atoms with Crippen LogP contribution in [0, 0.1) is 0 Å². The van der Waals surface area contributed by atoms with Gasteiger partial charge < -0.3 is 7.96 Å². The van der Waals surface area contributed by atoms with Gasteiger partial charge in [-0.3, -0.25) is 4.79 Å². The van der Waals surface area contributed by atoms with Gasteiger partial charge >= 0.3 is 29.0 Å². The maximum Gasteiger partial charge on any atom is 2.00 e. The molecule has 0 aliphatic carbocycles. The molecule has 0 heterocycles. The SMILES string of the molecule is CCC(C)(C(=O)O)c1ccccc1.[H-].[H-].[Mg+2]. The zero-order valence-corrected chi connectivity index (χ0v) is 10.1. The molecule has 0 spiro atoms. The van der Waals surface area contributed by atoms with Gasteiger partial charge in [-0.15, -0.1) is 0 Å². The van der Waals surface area contributed by atoms with Gasteiger partial charge in [0.25, 0.3) is 0 Å². The first-order valence-electron chi connectivity index (χ1n) is 4.40. The Morgan fingerprint density at radius 1 is 1.43 bits per heavy atom. The van der Waals surface area contributed by atoms with Crippen LogP contribution in [0.3, 0.4) is 0 Å². The third-order valence-electron chi connectivity index (χ3n) is 2.59. The zero-order valence-electron chi connectivity index (χ0n) is 10.7. The molecule has 1 unspecified atom stereocenters. The number of hydrogen-bond acceptors (Lipinski definition) is 1. The Balaban J connectivity index is -0.000000563. The molecule has 0 aromatic heterocycles. The Hall–Kier alpha value is -0.544. The number of benzene rings is 1. The summed E-state index contributed by atoms with van der Waals surface area (Å²) >= 11 is 0. The summed E-state index contributed by atoms with van der Waals surface area (Å²) in [4.78, 5) is 11.1. The first kappa shape index (κ1) is 13.5. The van der Waals surface area contributed by atoms with Crippen LogP contribution < -0.4 is 0 Å². The molecule has 0 radical (unpaired) electrons. The summed E-state index contributed by atoms with van der Waals surface area (Å²) < 4.78 is 0. The third kappa shape index (κ3) is 2.48. The smallest absolute Gasteiger partial charge is 1.00 e. The van der Waals surface area contributed by atoms with Crippen molar-refractivity contribution >= 4 is 29.0 Å². The molecule has 0 bridgehead atoms. The molecule has 2 nitrogen and oxygen atoms in total. The predicted molar refractivity (Wildman–Crippen MR) is 59.7 cm³/mol. The van der Waals surface area contributed by atoms with Crippen LogP contribution in [0.2, 0.25) is 0 Å². The van der Waals surface area contributed by atoms with Crippen LogP contribution in [-0.2, 0) is 10.2 Å². The molecule has 14 heavy (non-hydrogen) atoms. The van der Waals surface area contributed by atoms with E-state index in [2.05, 4.69) is 0 Å². The van der Waals surface area contributed by atoms with Crippen molar-refractivity contribution in [2.75, 3.05) is 0 Å². The van der Waals surface area contributed by atoms with Crippen LogP contribution in [0.25, 0.3) is 0 Å². The maximum absolute atomic E-state index is 11.1. The van der Waals surface area contributed by atoms with E-state index in [4.69, 9.17) is 5.11 Å². The molecule has 0 saturated carbocycles. The fraction of sp³-hybridized carbons (Fsp3) is 0.364. The minimum atomic E-state index is -0.763. The van der Waals surface area contributed by atoms with Crippen LogP contribution in [0.1, 0.15) is 28.7 Å². The van der Waals surface area contributed by atoms with E-state index in [1.165, 1.54) is 0 Å². The second kappa shape index (κ2) is 5.36. The summed E-state index contributed by atoms with van der Waals surface area (Å²) in [6.45, 7) is 3.64. The first-order chi connectivity index (χ1) is 6.11. The standard InChI is InChI=1S/C11H14O2.Mg.2H/c1-3-11(2,10(12)13)9-7-5-4-6-8-9;;;/h4-8H,3H2,1-2H3,(H,12,13);;;/q;+2;2*-1. The van der Waals surface area contributed by atoms with E-state index in [9.17, 15) is 4.79 Å². The van der Waals surface area contributed by atoms with E-state index in [1.54, 1.807) is 6.92 Å². The van der Waals surface area contributed by atoms with Crippen molar-refractivity contribution in [2.45, 2.75) is 25.7 Å². The van der Waals surface area contributed by atoms with Crippen molar-refractivity contribution < 1.29 is 12.8 Å². The van der Waals surface area contributed by atoms with E-state index >= 15 is 0 Å². The van der Waals surface area contributed by atoms with Crippen LogP contribution in [0.15, 0.2) is 30.3 Å². The van der Waals surface area contributed by atoms with E-state index in [1.807, 2.05) is 37.3 Å². The molecule has 0 amide bonds. The average molecular weight is 205 g/mol. The predicted octanol–water partition coefficient (Wildman–Crippen LogP) is 2.28. The van der Waals surface area contributed by atoms with E-state index in [-0.39, 0.29) is 25.9 Å². The molecule has 1 rings (SSSR count). The van der Waals surface area contributed by atoms with Crippen LogP contribution in [-0.4, -0.2) is 34.1 Å². The van der Waals surface area contributed by atoms with Crippen molar-refractivity contribution in [3.8, 4) is 0 Å². The summed E-state index contributed by atoms with van der Waals surface area (Å²) in [6.07, 6.45) is 0.604. The maximum atomic E-state index is 11.1. The number of carboxylic acid groups (broad SMARTS) is 1. The minimum Gasteiger partial charge on any atom is -1.00 e. The molecule has 0 fully saturated rings. The topological polar surface area (TPSA) is 37.3 Å². The Morgan fingerprint density at radius 2 is 1.93 bits per heavy atom. The molecule has 1 aromatic rings. The minimum absolute atomic E-state index is 0. The molecule has 0 aliphatic rings. The van der Waals surface area contributed by atoms with Crippen molar-refractivity contribution in [3.63, 3.8) is 0 Å². The van der Waals surface area contributed by atoms with Gasteiger partial charge in [0.15, 0.2) is 0 Å². The molecule has 0 aliphatic heterocycles. The number of hydrogen-bond donors (Lipinski definition) is 1. The molecule has 0 saturated heterocycles. The summed E-state index contributed by atoms with van der Waals surface area (Å²) in [7, 11) is 0. The van der Waals surface area contributed by atoms with Gasteiger partial charge in [-0.1, -0.05) is 37.3 Å². The molecule has 1 N–H and O–H groups in total. The number of aliphatic carboxylic acids is 1. The Kier molecular flexibility index (Phi) is 5.16. The number of rotatable bonds is 3. The van der Waals surface area contributed by atoms with Gasteiger partial charge in [-0.05, 0) is 18.9 Å². The van der Waals surface area contributed by atoms with Crippen molar-refractivity contribution in [1.82, 2.24) is 0 Å². The third-order valence-corrected chi connectivity index (χ3v) is 2.59. The van der Waals surface area contributed by atoms with Gasteiger partial charge in [0.2, 0.25) is 0 Å².